The van der Waals surface area contributed by atoms with Crippen molar-refractivity contribution in [2.24, 2.45) is 11.8 Å². The molecule has 8 rings (SSSR count). The van der Waals surface area contributed by atoms with Gasteiger partial charge >= 0.3 is 11.9 Å². The first-order chi connectivity index (χ1) is 31.9. The molecule has 17 heteroatoms. The molecule has 346 valence electrons. The van der Waals surface area contributed by atoms with Crippen molar-refractivity contribution in [1.82, 2.24) is 15.2 Å². The molecule has 0 spiro atoms. The first-order valence-electron chi connectivity index (χ1n) is 21.6. The monoisotopic (exact) mass is 923 g/mol. The lowest BCUT2D eigenvalue weighted by molar-refractivity contribution is -0.155. The summed E-state index contributed by atoms with van der Waals surface area (Å²) in [6.07, 6.45) is -0.00569. The first kappa shape index (κ1) is 45.6. The van der Waals surface area contributed by atoms with Crippen molar-refractivity contribution in [3.8, 4) is 34.5 Å². The summed E-state index contributed by atoms with van der Waals surface area (Å²) in [7, 11) is 6.09. The van der Waals surface area contributed by atoms with E-state index < -0.39 is 35.8 Å². The number of aromatic nitrogens is 1. The Hall–Kier alpha value is -6.94. The van der Waals surface area contributed by atoms with Gasteiger partial charge in [-0.3, -0.25) is 28.5 Å². The molecule has 1 saturated heterocycles. The number of carbonyl (C=O) groups is 5. The summed E-state index contributed by atoms with van der Waals surface area (Å²) in [6.45, 7) is 2.54. The molecule has 2 unspecified atom stereocenters. The Labute approximate surface area is 385 Å². The molecule has 16 nitrogen and oxygen atoms in total. The molecule has 1 aromatic heterocycles. The van der Waals surface area contributed by atoms with Gasteiger partial charge in [-0.15, -0.1) is 0 Å². The third-order valence-corrected chi connectivity index (χ3v) is 12.7. The van der Waals surface area contributed by atoms with Crippen molar-refractivity contribution in [1.29, 1.82) is 0 Å². The number of fused-ring (bicyclic) bond motifs is 4. The van der Waals surface area contributed by atoms with E-state index >= 15 is 0 Å². The Kier molecular flexibility index (Phi) is 13.6. The molecule has 0 radical (unpaired) electrons. The summed E-state index contributed by atoms with van der Waals surface area (Å²) in [5.41, 5.74) is 4.48. The average molecular weight is 924 g/mol. The van der Waals surface area contributed by atoms with Crippen molar-refractivity contribution >= 4 is 52.2 Å². The first-order valence-corrected chi connectivity index (χ1v) is 21.9. The Morgan fingerprint density at radius 1 is 0.773 bits per heavy atom. The van der Waals surface area contributed by atoms with Gasteiger partial charge in [0.25, 0.3) is 5.91 Å². The highest BCUT2D eigenvalue weighted by molar-refractivity contribution is 6.30. The smallest absolute Gasteiger partial charge is 0.310 e. The van der Waals surface area contributed by atoms with E-state index in [0.717, 1.165) is 5.39 Å². The highest BCUT2D eigenvalue weighted by Crippen LogP contribution is 2.56. The third kappa shape index (κ3) is 9.01. The van der Waals surface area contributed by atoms with E-state index in [1.54, 1.807) is 72.3 Å². The van der Waals surface area contributed by atoms with Gasteiger partial charge in [0.2, 0.25) is 24.4 Å². The zero-order valence-corrected chi connectivity index (χ0v) is 37.9. The lowest BCUT2D eigenvalue weighted by atomic mass is 9.66. The van der Waals surface area contributed by atoms with E-state index in [0.29, 0.717) is 104 Å². The van der Waals surface area contributed by atoms with Crippen LogP contribution in [0.4, 0.5) is 0 Å². The molecule has 2 amide bonds. The van der Waals surface area contributed by atoms with Crippen molar-refractivity contribution in [2.45, 2.75) is 51.0 Å². The molecule has 0 bridgehead atoms. The average Bonchev–Trinajstić information content (AvgIpc) is 4.02. The van der Waals surface area contributed by atoms with Crippen molar-refractivity contribution < 1.29 is 61.9 Å². The van der Waals surface area contributed by atoms with Crippen LogP contribution in [0.15, 0.2) is 66.7 Å². The highest BCUT2D eigenvalue weighted by Gasteiger charge is 2.54. The van der Waals surface area contributed by atoms with Crippen LogP contribution < -0.4 is 39.1 Å². The number of amides is 2. The van der Waals surface area contributed by atoms with Gasteiger partial charge in [0.15, 0.2) is 23.0 Å². The van der Waals surface area contributed by atoms with E-state index in [-0.39, 0.29) is 50.4 Å². The number of cyclic esters (lactones) is 1. The van der Waals surface area contributed by atoms with Gasteiger partial charge in [-0.05, 0) is 103 Å². The number of ether oxygens (including phenoxy) is 8. The van der Waals surface area contributed by atoms with Crippen LogP contribution in [-0.2, 0) is 35.1 Å². The largest absolute Gasteiger partial charge is 0.497 e. The van der Waals surface area contributed by atoms with Crippen molar-refractivity contribution in [3.63, 3.8) is 0 Å². The molecule has 1 fully saturated rings. The van der Waals surface area contributed by atoms with Gasteiger partial charge in [-0.1, -0.05) is 11.6 Å². The molecule has 4 aromatic carbocycles. The summed E-state index contributed by atoms with van der Waals surface area (Å²) < 4.78 is 47.1. The summed E-state index contributed by atoms with van der Waals surface area (Å²) in [6, 6.07) is 19.2. The topological polar surface area (TPSA) is 188 Å². The molecule has 4 atom stereocenters. The van der Waals surface area contributed by atoms with Crippen LogP contribution in [0.2, 0.25) is 5.02 Å². The molecular formula is C49H50ClN3O13. The number of nitrogens with one attached hydrogen (secondary N) is 2. The SMILES string of the molecule is COc1ccc2c(c1)c(CC(=O)NCCCCNC(=O)CCC(=O)O[C@H]1c3cc4c(cc3C(c3cc(OC)c(OC)c(OC)c3)[C@H]3C(=O)OCC31)OCO4)c(C)n2C(=O)c1ccc(Cl)cc1. The number of unbranched alkanes of at least 4 members (excludes halogenated alkanes) is 1. The summed E-state index contributed by atoms with van der Waals surface area (Å²) in [5, 5.41) is 7.04. The van der Waals surface area contributed by atoms with Gasteiger partial charge in [0.05, 0.1) is 59.3 Å². The van der Waals surface area contributed by atoms with Gasteiger partial charge in [-0.25, -0.2) is 0 Å². The number of benzene rings is 4. The zero-order valence-electron chi connectivity index (χ0n) is 37.2. The number of hydrogen-bond donors (Lipinski definition) is 2. The normalized spacial score (nSPS) is 17.9. The highest BCUT2D eigenvalue weighted by atomic mass is 35.5. The number of hydrogen-bond acceptors (Lipinski definition) is 13. The Morgan fingerprint density at radius 2 is 1.44 bits per heavy atom. The Morgan fingerprint density at radius 3 is 2.09 bits per heavy atom. The van der Waals surface area contributed by atoms with Crippen LogP contribution in [-0.4, -0.2) is 89.2 Å². The quantitative estimate of drug-likeness (QED) is 0.0750. The molecule has 1 aliphatic carbocycles. The summed E-state index contributed by atoms with van der Waals surface area (Å²) >= 11 is 6.06. The maximum absolute atomic E-state index is 13.6. The summed E-state index contributed by atoms with van der Waals surface area (Å²) in [5.74, 6) is -0.920. The Bertz CT molecular complexity index is 2670. The second-order valence-electron chi connectivity index (χ2n) is 16.2. The fourth-order valence-electron chi connectivity index (χ4n) is 9.17. The maximum atomic E-state index is 13.6. The lowest BCUT2D eigenvalue weighted by Crippen LogP contribution is -2.36. The third-order valence-electron chi connectivity index (χ3n) is 12.4. The Balaban J connectivity index is 0.852. The van der Waals surface area contributed by atoms with Gasteiger partial charge in [0, 0.05) is 58.6 Å². The number of methoxy groups -OCH3 is 4. The molecule has 5 aromatic rings. The maximum Gasteiger partial charge on any atom is 0.310 e. The molecule has 2 N–H and O–H groups in total. The minimum Gasteiger partial charge on any atom is -0.497 e. The van der Waals surface area contributed by atoms with Crippen LogP contribution in [0.25, 0.3) is 10.9 Å². The fraction of sp³-hybridized carbons (Fsp3) is 0.367. The van der Waals surface area contributed by atoms with E-state index in [1.807, 2.05) is 13.0 Å². The standard InChI is InChI=1S/C49H50ClN3O13/c1-26-31(32-20-30(59-2)12-13-36(32)53(26)48(57)27-8-10-29(50)11-9-27)23-42(55)52-17-7-6-16-51-41(54)14-15-43(56)66-46-34-22-38-37(64-25-65-38)21-33(34)44(45-35(46)24-63-49(45)58)28-18-39(60-3)47(62-5)40(19-28)61-4/h8-13,18-22,35,44-46H,6-7,14-17,23-25H2,1-5H3,(H,51,54)(H,52,55)/t35?,44?,45-,46-/m0/s1. The van der Waals surface area contributed by atoms with Crippen LogP contribution in [0, 0.1) is 18.8 Å². The number of esters is 2. The number of carbonyl (C=O) groups excluding carboxylic acids is 5. The van der Waals surface area contributed by atoms with E-state index in [4.69, 9.17) is 49.5 Å². The van der Waals surface area contributed by atoms with Gasteiger partial charge < -0.3 is 48.5 Å². The predicted molar refractivity (Wildman–Crippen MR) is 240 cm³/mol. The molecule has 0 saturated carbocycles. The van der Waals surface area contributed by atoms with Crippen LogP contribution in [0.3, 0.4) is 0 Å². The van der Waals surface area contributed by atoms with Gasteiger partial charge in [0.1, 0.15) is 11.9 Å². The molecule has 3 aliphatic rings. The van der Waals surface area contributed by atoms with E-state index in [2.05, 4.69) is 10.6 Å². The van der Waals surface area contributed by atoms with Crippen LogP contribution >= 0.6 is 11.6 Å². The zero-order chi connectivity index (χ0) is 46.6. The van der Waals surface area contributed by atoms with Crippen LogP contribution in [0.5, 0.6) is 34.5 Å². The van der Waals surface area contributed by atoms with Crippen molar-refractivity contribution in [3.05, 3.63) is 105 Å². The van der Waals surface area contributed by atoms with Crippen molar-refractivity contribution in [2.75, 3.05) is 54.9 Å². The molecule has 3 heterocycles. The second-order valence-corrected chi connectivity index (χ2v) is 16.6. The minimum absolute atomic E-state index is 0.0101. The number of halogens is 1. The minimum atomic E-state index is -0.878. The lowest BCUT2D eigenvalue weighted by Gasteiger charge is -2.38. The summed E-state index contributed by atoms with van der Waals surface area (Å²) in [4.78, 5) is 66.7. The molecule has 66 heavy (non-hydrogen) atoms. The van der Waals surface area contributed by atoms with E-state index in [1.165, 1.54) is 21.3 Å². The number of rotatable bonds is 17. The van der Waals surface area contributed by atoms with Crippen LogP contribution in [0.1, 0.15) is 76.0 Å². The fourth-order valence-corrected chi connectivity index (χ4v) is 9.30. The van der Waals surface area contributed by atoms with Gasteiger partial charge in [-0.2, -0.15) is 0 Å². The molecule has 2 aliphatic heterocycles. The second kappa shape index (κ2) is 19.7. The number of nitrogens with zero attached hydrogens (tertiary/aromatic N) is 1. The van der Waals surface area contributed by atoms with E-state index in [9.17, 15) is 24.0 Å². The predicted octanol–water partition coefficient (Wildman–Crippen LogP) is 6.61. The molecular weight excluding hydrogens is 874 g/mol.